The molecule has 1 aliphatic heterocycles. The lowest BCUT2D eigenvalue weighted by Gasteiger charge is -2.32. The van der Waals surface area contributed by atoms with Crippen LogP contribution in [0.25, 0.3) is 33.1 Å². The van der Waals surface area contributed by atoms with Crippen molar-refractivity contribution in [2.75, 3.05) is 0 Å². The molecule has 0 aliphatic carbocycles. The molecule has 0 radical (unpaired) electrons. The summed E-state index contributed by atoms with van der Waals surface area (Å²) in [7, 11) is -0.500. The monoisotopic (exact) mass is 388 g/mol. The van der Waals surface area contributed by atoms with Crippen LogP contribution in [0.5, 0.6) is 0 Å². The fraction of sp³-hybridized carbons (Fsp3) is 0.280. The molecule has 0 unspecified atom stereocenters. The Morgan fingerprint density at radius 3 is 2.38 bits per heavy atom. The molecule has 0 spiro atoms. The van der Waals surface area contributed by atoms with Crippen LogP contribution in [0.3, 0.4) is 0 Å². The highest BCUT2D eigenvalue weighted by Gasteiger charge is 2.51. The van der Waals surface area contributed by atoms with Crippen molar-refractivity contribution in [2.45, 2.75) is 45.8 Å². The lowest BCUT2D eigenvalue weighted by Crippen LogP contribution is -2.41. The third-order valence-corrected chi connectivity index (χ3v) is 6.08. The van der Waals surface area contributed by atoms with E-state index in [4.69, 9.17) is 19.2 Å². The fourth-order valence-electron chi connectivity index (χ4n) is 3.82. The summed E-state index contributed by atoms with van der Waals surface area (Å²) in [5, 5.41) is 1.06. The molecule has 4 aromatic rings. The zero-order valence-electron chi connectivity index (χ0n) is 21.3. The Bertz CT molecular complexity index is 1430. The molecule has 1 aliphatic rings. The quantitative estimate of drug-likeness (QED) is 0.403. The molecule has 0 saturated carbocycles. The van der Waals surface area contributed by atoms with Gasteiger partial charge in [-0.15, -0.1) is 0 Å². The highest BCUT2D eigenvalue weighted by molar-refractivity contribution is 6.62. The van der Waals surface area contributed by atoms with Crippen LogP contribution in [-0.2, 0) is 9.31 Å². The Morgan fingerprint density at radius 2 is 1.62 bits per heavy atom. The molecule has 1 saturated heterocycles. The van der Waals surface area contributed by atoms with Crippen LogP contribution in [0.1, 0.15) is 38.7 Å². The second-order valence-corrected chi connectivity index (χ2v) is 8.71. The molecule has 1 fully saturated rings. The first kappa shape index (κ1) is 14.4. The maximum absolute atomic E-state index is 8.37. The average Bonchev–Trinajstić information content (AvgIpc) is 3.24. The van der Waals surface area contributed by atoms with Crippen molar-refractivity contribution < 1.29 is 19.2 Å². The molecule has 3 aromatic carbocycles. The van der Waals surface area contributed by atoms with Crippen molar-refractivity contribution in [2.24, 2.45) is 0 Å². The summed E-state index contributed by atoms with van der Waals surface area (Å²) in [5.74, 6) is 0. The van der Waals surface area contributed by atoms with E-state index in [1.807, 2.05) is 71.0 Å². The van der Waals surface area contributed by atoms with Crippen LogP contribution in [0.2, 0.25) is 0 Å². The minimum atomic E-state index is -0.500. The van der Waals surface area contributed by atoms with Crippen molar-refractivity contribution in [3.05, 3.63) is 66.1 Å². The van der Waals surface area contributed by atoms with Gasteiger partial charge in [0.2, 0.25) is 0 Å². The number of benzene rings is 3. The molecule has 146 valence electrons. The molecule has 3 nitrogen and oxygen atoms in total. The first-order chi connectivity index (χ1) is 15.4. The smallest absolute Gasteiger partial charge is 0.455 e. The van der Waals surface area contributed by atoms with E-state index >= 15 is 0 Å². The SMILES string of the molecule is [2H]c1c([2H])c([2H])c2c(oc3c(-c4cc(C)cc(B5OC(C)(C)C(C)(C)O5)c4)cccc32)c1[2H]. The van der Waals surface area contributed by atoms with E-state index in [0.717, 1.165) is 22.2 Å². The Labute approximate surface area is 177 Å². The summed E-state index contributed by atoms with van der Waals surface area (Å²) >= 11 is 0. The fourth-order valence-corrected chi connectivity index (χ4v) is 3.82. The lowest BCUT2D eigenvalue weighted by molar-refractivity contribution is 0.00578. The van der Waals surface area contributed by atoms with Gasteiger partial charge in [0, 0.05) is 16.3 Å². The van der Waals surface area contributed by atoms with Crippen molar-refractivity contribution in [3.63, 3.8) is 0 Å². The molecule has 0 bridgehead atoms. The highest BCUT2D eigenvalue weighted by Crippen LogP contribution is 2.38. The van der Waals surface area contributed by atoms with Crippen LogP contribution in [0, 0.1) is 6.92 Å². The standard InChI is InChI=1S/C25H25BO3/c1-16-13-17(15-18(14-16)26-28-24(2,3)25(4,5)29-26)19-10-8-11-21-20-9-6-7-12-22(20)27-23(19)21/h6-15H,1-5H3/i6D,7D,9D,12D. The Hall–Kier alpha value is -2.56. The van der Waals surface area contributed by atoms with E-state index in [1.54, 1.807) is 0 Å². The minimum Gasteiger partial charge on any atom is -0.455 e. The number of rotatable bonds is 2. The molecule has 0 atom stereocenters. The van der Waals surface area contributed by atoms with E-state index in [9.17, 15) is 0 Å². The van der Waals surface area contributed by atoms with Gasteiger partial charge < -0.3 is 13.7 Å². The summed E-state index contributed by atoms with van der Waals surface area (Å²) in [6.07, 6.45) is 0. The predicted molar refractivity (Wildman–Crippen MR) is 120 cm³/mol. The normalized spacial score (nSPS) is 20.0. The van der Waals surface area contributed by atoms with Gasteiger partial charge in [-0.2, -0.15) is 0 Å². The average molecular weight is 388 g/mol. The zero-order chi connectivity index (χ0) is 23.9. The lowest BCUT2D eigenvalue weighted by atomic mass is 9.77. The van der Waals surface area contributed by atoms with Crippen LogP contribution in [0.15, 0.2) is 65.0 Å². The van der Waals surface area contributed by atoms with Gasteiger partial charge in [-0.25, -0.2) is 0 Å². The molecular weight excluding hydrogens is 359 g/mol. The number of para-hydroxylation sites is 2. The summed E-state index contributed by atoms with van der Waals surface area (Å²) < 4.78 is 51.3. The van der Waals surface area contributed by atoms with Gasteiger partial charge in [0.15, 0.2) is 0 Å². The first-order valence-corrected chi connectivity index (χ1v) is 9.80. The summed E-state index contributed by atoms with van der Waals surface area (Å²) in [6, 6.07) is 10.9. The van der Waals surface area contributed by atoms with Gasteiger partial charge in [-0.05, 0) is 51.7 Å². The molecule has 0 amide bonds. The second kappa shape index (κ2) is 6.22. The summed E-state index contributed by atoms with van der Waals surface area (Å²) in [4.78, 5) is 0. The third kappa shape index (κ3) is 2.90. The molecule has 4 heteroatoms. The largest absolute Gasteiger partial charge is 0.494 e. The predicted octanol–water partition coefficient (Wildman–Crippen LogP) is 5.86. The van der Waals surface area contributed by atoms with E-state index in [1.165, 1.54) is 0 Å². The van der Waals surface area contributed by atoms with E-state index in [2.05, 4.69) is 0 Å². The van der Waals surface area contributed by atoms with Crippen LogP contribution < -0.4 is 5.46 Å². The molecular formula is C25H25BO3. The number of fused-ring (bicyclic) bond motifs is 3. The maximum Gasteiger partial charge on any atom is 0.494 e. The minimum absolute atomic E-state index is 0.0935. The second-order valence-electron chi connectivity index (χ2n) is 8.71. The zero-order valence-corrected chi connectivity index (χ0v) is 17.3. The van der Waals surface area contributed by atoms with Gasteiger partial charge in [0.25, 0.3) is 0 Å². The van der Waals surface area contributed by atoms with Crippen molar-refractivity contribution >= 4 is 34.5 Å². The molecule has 0 N–H and O–H groups in total. The van der Waals surface area contributed by atoms with E-state index in [0.29, 0.717) is 16.4 Å². The van der Waals surface area contributed by atoms with Crippen molar-refractivity contribution in [1.82, 2.24) is 0 Å². The van der Waals surface area contributed by atoms with Crippen LogP contribution >= 0.6 is 0 Å². The Balaban J connectivity index is 1.71. The number of hydrogen-bond acceptors (Lipinski definition) is 3. The maximum atomic E-state index is 8.37. The topological polar surface area (TPSA) is 31.6 Å². The van der Waals surface area contributed by atoms with Gasteiger partial charge >= 0.3 is 7.12 Å². The molecule has 29 heavy (non-hydrogen) atoms. The van der Waals surface area contributed by atoms with E-state index < -0.39 is 18.3 Å². The molecule has 2 heterocycles. The van der Waals surface area contributed by atoms with Crippen LogP contribution in [-0.4, -0.2) is 18.3 Å². The molecule has 5 rings (SSSR count). The number of furan rings is 1. The van der Waals surface area contributed by atoms with Gasteiger partial charge in [0.05, 0.1) is 16.7 Å². The summed E-state index contributed by atoms with van der Waals surface area (Å²) in [5.41, 5.74) is 3.46. The van der Waals surface area contributed by atoms with Crippen molar-refractivity contribution in [3.8, 4) is 11.1 Å². The highest BCUT2D eigenvalue weighted by atomic mass is 16.7. The number of aryl methyl sites for hydroxylation is 1. The Kier molecular flexibility index (Phi) is 3.09. The third-order valence-electron chi connectivity index (χ3n) is 6.08. The van der Waals surface area contributed by atoms with Gasteiger partial charge in [-0.3, -0.25) is 0 Å². The van der Waals surface area contributed by atoms with Gasteiger partial charge in [-0.1, -0.05) is 60.1 Å². The summed E-state index contributed by atoms with van der Waals surface area (Å²) in [6.45, 7) is 10.1. The molecule has 1 aromatic heterocycles. The first-order valence-electron chi connectivity index (χ1n) is 11.8. The van der Waals surface area contributed by atoms with Gasteiger partial charge in [0.1, 0.15) is 11.2 Å². The van der Waals surface area contributed by atoms with E-state index in [-0.39, 0.29) is 29.8 Å². The van der Waals surface area contributed by atoms with Crippen LogP contribution in [0.4, 0.5) is 0 Å². The Morgan fingerprint density at radius 1 is 0.897 bits per heavy atom. The number of hydrogen-bond donors (Lipinski definition) is 0. The van der Waals surface area contributed by atoms with Crippen molar-refractivity contribution in [1.29, 1.82) is 0 Å².